The third kappa shape index (κ3) is 5.99. The fraction of sp³-hybridized carbons (Fsp3) is 0.421. The van der Waals surface area contributed by atoms with Crippen molar-refractivity contribution >= 4 is 35.9 Å². The maximum atomic E-state index is 13.9. The molecule has 1 saturated heterocycles. The molecule has 2 heterocycles. The van der Waals surface area contributed by atoms with Gasteiger partial charge in [-0.2, -0.15) is 0 Å². The Morgan fingerprint density at radius 2 is 1.86 bits per heavy atom. The molecule has 1 aliphatic heterocycles. The molecule has 0 bridgehead atoms. The molecular weight excluding hydrogens is 472 g/mol. The molecule has 1 aliphatic rings. The second-order valence-corrected chi connectivity index (χ2v) is 6.86. The Morgan fingerprint density at radius 3 is 2.50 bits per heavy atom. The number of guanidine groups is 1. The summed E-state index contributed by atoms with van der Waals surface area (Å²) in [7, 11) is 3.84. The first-order valence-electron chi connectivity index (χ1n) is 9.02. The maximum absolute atomic E-state index is 13.9. The van der Waals surface area contributed by atoms with Crippen molar-refractivity contribution in [2.45, 2.75) is 13.1 Å². The van der Waals surface area contributed by atoms with Gasteiger partial charge in [0, 0.05) is 50.7 Å². The summed E-state index contributed by atoms with van der Waals surface area (Å²) in [5.41, 5.74) is 7.79. The van der Waals surface area contributed by atoms with Crippen LogP contribution in [0, 0.1) is 5.82 Å². The zero-order valence-electron chi connectivity index (χ0n) is 16.3. The van der Waals surface area contributed by atoms with Gasteiger partial charge in [-0.3, -0.25) is 0 Å². The fourth-order valence-electron chi connectivity index (χ4n) is 3.05. The van der Waals surface area contributed by atoms with Gasteiger partial charge in [-0.25, -0.2) is 19.4 Å². The number of hydrogen-bond donors (Lipinski definition) is 1. The molecule has 28 heavy (non-hydrogen) atoms. The predicted molar refractivity (Wildman–Crippen MR) is 120 cm³/mol. The first kappa shape index (κ1) is 22.3. The number of aliphatic imine (C=N–C) groups is 1. The number of hydrogen-bond acceptors (Lipinski definition) is 5. The van der Waals surface area contributed by atoms with Crippen molar-refractivity contribution in [3.63, 3.8) is 0 Å². The Hall–Kier alpha value is -2.01. The Bertz CT molecular complexity index is 777. The molecule has 0 atom stereocenters. The van der Waals surface area contributed by atoms with Crippen LogP contribution < -0.4 is 10.6 Å². The smallest absolute Gasteiger partial charge is 0.225 e. The molecule has 0 saturated carbocycles. The molecule has 2 N–H and O–H groups in total. The molecule has 152 valence electrons. The van der Waals surface area contributed by atoms with E-state index in [0.717, 1.165) is 37.7 Å². The van der Waals surface area contributed by atoms with E-state index >= 15 is 0 Å². The summed E-state index contributed by atoms with van der Waals surface area (Å²) in [6.45, 7) is 4.12. The molecule has 9 heteroatoms. The van der Waals surface area contributed by atoms with Crippen molar-refractivity contribution in [2.75, 3.05) is 45.2 Å². The van der Waals surface area contributed by atoms with Crippen LogP contribution in [0.4, 0.5) is 10.3 Å². The third-order valence-corrected chi connectivity index (χ3v) is 4.46. The van der Waals surface area contributed by atoms with Crippen LogP contribution in [0.3, 0.4) is 0 Å². The van der Waals surface area contributed by atoms with Crippen LogP contribution in [0.1, 0.15) is 11.1 Å². The summed E-state index contributed by atoms with van der Waals surface area (Å²) in [6, 6.07) is 6.93. The topological polar surface area (TPSA) is 73.9 Å². The average molecular weight is 499 g/mol. The van der Waals surface area contributed by atoms with Gasteiger partial charge >= 0.3 is 0 Å². The van der Waals surface area contributed by atoms with Crippen molar-refractivity contribution in [3.05, 3.63) is 53.6 Å². The highest BCUT2D eigenvalue weighted by atomic mass is 127. The lowest BCUT2D eigenvalue weighted by Crippen LogP contribution is -2.51. The second kappa shape index (κ2) is 10.5. The number of anilines is 1. The first-order valence-corrected chi connectivity index (χ1v) is 9.02. The quantitative estimate of drug-likeness (QED) is 0.385. The Kier molecular flexibility index (Phi) is 8.36. The van der Waals surface area contributed by atoms with Crippen LogP contribution >= 0.6 is 24.0 Å². The standard InChI is InChI=1S/C19H26FN7.HI/c1-25(2)14-16-12-15(4-5-17(16)20)13-24-18(21)26-8-10-27(11-9-26)19-22-6-3-7-23-19;/h3-7,12H,8-11,13-14H2,1-2H3,(H2,21,24);1H. The zero-order valence-corrected chi connectivity index (χ0v) is 18.6. The van der Waals surface area contributed by atoms with E-state index in [4.69, 9.17) is 5.73 Å². The van der Waals surface area contributed by atoms with E-state index in [-0.39, 0.29) is 29.8 Å². The van der Waals surface area contributed by atoms with E-state index in [9.17, 15) is 4.39 Å². The molecule has 0 amide bonds. The molecule has 7 nitrogen and oxygen atoms in total. The van der Waals surface area contributed by atoms with Gasteiger partial charge in [0.05, 0.1) is 6.54 Å². The number of aromatic nitrogens is 2. The number of benzene rings is 1. The highest BCUT2D eigenvalue weighted by Gasteiger charge is 2.19. The van der Waals surface area contributed by atoms with Crippen molar-refractivity contribution in [1.82, 2.24) is 19.8 Å². The van der Waals surface area contributed by atoms with Crippen LogP contribution in [0.15, 0.2) is 41.7 Å². The zero-order chi connectivity index (χ0) is 19.2. The highest BCUT2D eigenvalue weighted by Crippen LogP contribution is 2.14. The minimum Gasteiger partial charge on any atom is -0.370 e. The molecule has 3 rings (SSSR count). The van der Waals surface area contributed by atoms with E-state index in [2.05, 4.69) is 24.8 Å². The van der Waals surface area contributed by atoms with E-state index in [1.807, 2.05) is 31.1 Å². The van der Waals surface area contributed by atoms with Crippen LogP contribution in [0.25, 0.3) is 0 Å². The van der Waals surface area contributed by atoms with Crippen molar-refractivity contribution in [1.29, 1.82) is 0 Å². The lowest BCUT2D eigenvalue weighted by atomic mass is 10.1. The van der Waals surface area contributed by atoms with Crippen LogP contribution in [0.5, 0.6) is 0 Å². The van der Waals surface area contributed by atoms with Crippen molar-refractivity contribution < 1.29 is 4.39 Å². The van der Waals surface area contributed by atoms with Gasteiger partial charge < -0.3 is 20.4 Å². The minimum atomic E-state index is -0.191. The minimum absolute atomic E-state index is 0. The summed E-state index contributed by atoms with van der Waals surface area (Å²) >= 11 is 0. The second-order valence-electron chi connectivity index (χ2n) is 6.86. The molecule has 0 spiro atoms. The highest BCUT2D eigenvalue weighted by molar-refractivity contribution is 14.0. The Labute approximate surface area is 182 Å². The van der Waals surface area contributed by atoms with Gasteiger partial charge in [-0.15, -0.1) is 24.0 Å². The fourth-order valence-corrected chi connectivity index (χ4v) is 3.05. The van der Waals surface area contributed by atoms with E-state index < -0.39 is 0 Å². The monoisotopic (exact) mass is 499 g/mol. The van der Waals surface area contributed by atoms with Crippen molar-refractivity contribution in [2.24, 2.45) is 10.7 Å². The van der Waals surface area contributed by atoms with Crippen LogP contribution in [-0.4, -0.2) is 66.0 Å². The molecule has 1 aromatic carbocycles. The third-order valence-electron chi connectivity index (χ3n) is 4.46. The number of nitrogens with zero attached hydrogens (tertiary/aromatic N) is 6. The normalized spacial score (nSPS) is 14.9. The summed E-state index contributed by atoms with van der Waals surface area (Å²) in [6.07, 6.45) is 3.50. The van der Waals surface area contributed by atoms with Gasteiger partial charge in [0.15, 0.2) is 5.96 Å². The van der Waals surface area contributed by atoms with E-state index in [1.165, 1.54) is 6.07 Å². The Morgan fingerprint density at radius 1 is 1.18 bits per heavy atom. The van der Waals surface area contributed by atoms with Gasteiger partial charge in [-0.1, -0.05) is 6.07 Å². The van der Waals surface area contributed by atoms with Gasteiger partial charge in [-0.05, 0) is 37.9 Å². The summed E-state index contributed by atoms with van der Waals surface area (Å²) in [5, 5.41) is 0. The van der Waals surface area contributed by atoms with Gasteiger partial charge in [0.25, 0.3) is 0 Å². The van der Waals surface area contributed by atoms with E-state index in [0.29, 0.717) is 24.6 Å². The molecule has 1 fully saturated rings. The van der Waals surface area contributed by atoms with Gasteiger partial charge in [0.1, 0.15) is 5.82 Å². The lowest BCUT2D eigenvalue weighted by Gasteiger charge is -2.35. The number of nitrogens with two attached hydrogens (primary N) is 1. The first-order chi connectivity index (χ1) is 13.0. The molecule has 1 aromatic heterocycles. The number of halogens is 2. The van der Waals surface area contributed by atoms with E-state index in [1.54, 1.807) is 18.5 Å². The largest absolute Gasteiger partial charge is 0.370 e. The molecule has 0 radical (unpaired) electrons. The lowest BCUT2D eigenvalue weighted by molar-refractivity contribution is 0.378. The average Bonchev–Trinajstić information content (AvgIpc) is 2.69. The molecule has 0 unspecified atom stereocenters. The molecule has 0 aliphatic carbocycles. The maximum Gasteiger partial charge on any atom is 0.225 e. The summed E-state index contributed by atoms with van der Waals surface area (Å²) < 4.78 is 13.9. The number of piperazine rings is 1. The summed E-state index contributed by atoms with van der Waals surface area (Å²) in [4.78, 5) is 19.2. The predicted octanol–water partition coefficient (Wildman–Crippen LogP) is 1.93. The van der Waals surface area contributed by atoms with Crippen molar-refractivity contribution in [3.8, 4) is 0 Å². The molecular formula is C19H27FIN7. The number of rotatable bonds is 5. The Balaban J connectivity index is 0.00000280. The summed E-state index contributed by atoms with van der Waals surface area (Å²) in [5.74, 6) is 1.07. The van der Waals surface area contributed by atoms with Crippen LogP contribution in [-0.2, 0) is 13.1 Å². The van der Waals surface area contributed by atoms with Gasteiger partial charge in [0.2, 0.25) is 5.95 Å². The SMILES string of the molecule is CN(C)Cc1cc(CN=C(N)N2CCN(c3ncccn3)CC2)ccc1F.I. The van der Waals surface area contributed by atoms with Crippen LogP contribution in [0.2, 0.25) is 0 Å². The molecule has 2 aromatic rings.